The Morgan fingerprint density at radius 3 is 2.50 bits per heavy atom. The normalized spacial score (nSPS) is 13.5. The standard InChI is InChI=1S/C8H12N2O4/c1-3-4-9-8(14)10-6(5(2)11)7(12)13/h1,5-6,11H,4H2,2H3,(H,12,13)(H2,9,10,14). The highest BCUT2D eigenvalue weighted by Crippen LogP contribution is 1.92. The van der Waals surface area contributed by atoms with Crippen LogP contribution in [0.3, 0.4) is 0 Å². The molecule has 0 saturated carbocycles. The maximum Gasteiger partial charge on any atom is 0.328 e. The second-order valence-electron chi connectivity index (χ2n) is 2.59. The average Bonchev–Trinajstić information content (AvgIpc) is 2.09. The lowest BCUT2D eigenvalue weighted by molar-refractivity contribution is -0.141. The number of terminal acetylenes is 1. The smallest absolute Gasteiger partial charge is 0.328 e. The predicted octanol–water partition coefficient (Wildman–Crippen LogP) is -1.25. The fraction of sp³-hybridized carbons (Fsp3) is 0.500. The Kier molecular flexibility index (Phi) is 5.10. The summed E-state index contributed by atoms with van der Waals surface area (Å²) < 4.78 is 0. The van der Waals surface area contributed by atoms with E-state index in [0.29, 0.717) is 0 Å². The van der Waals surface area contributed by atoms with E-state index in [1.54, 1.807) is 0 Å². The highest BCUT2D eigenvalue weighted by molar-refractivity contribution is 5.83. The number of aliphatic carboxylic acids is 1. The van der Waals surface area contributed by atoms with Crippen LogP contribution in [0.4, 0.5) is 4.79 Å². The summed E-state index contributed by atoms with van der Waals surface area (Å²) in [6.07, 6.45) is 3.69. The number of carboxylic acids is 1. The van der Waals surface area contributed by atoms with Crippen molar-refractivity contribution in [3.63, 3.8) is 0 Å². The fourth-order valence-electron chi connectivity index (χ4n) is 0.712. The van der Waals surface area contributed by atoms with Crippen LogP contribution in [0.5, 0.6) is 0 Å². The van der Waals surface area contributed by atoms with Crippen molar-refractivity contribution in [1.29, 1.82) is 0 Å². The molecule has 6 nitrogen and oxygen atoms in total. The number of carbonyl (C=O) groups excluding carboxylic acids is 1. The molecule has 0 aliphatic carbocycles. The van der Waals surface area contributed by atoms with Crippen LogP contribution in [-0.4, -0.2) is 40.9 Å². The number of nitrogens with one attached hydrogen (secondary N) is 2. The van der Waals surface area contributed by atoms with Gasteiger partial charge in [-0.25, -0.2) is 9.59 Å². The molecule has 78 valence electrons. The molecule has 0 aliphatic rings. The van der Waals surface area contributed by atoms with E-state index in [1.807, 2.05) is 0 Å². The number of aliphatic hydroxyl groups excluding tert-OH is 1. The van der Waals surface area contributed by atoms with E-state index >= 15 is 0 Å². The summed E-state index contributed by atoms with van der Waals surface area (Å²) in [5, 5.41) is 21.8. The topological polar surface area (TPSA) is 98.7 Å². The highest BCUT2D eigenvalue weighted by atomic mass is 16.4. The largest absolute Gasteiger partial charge is 0.480 e. The number of hydrogen-bond donors (Lipinski definition) is 4. The van der Waals surface area contributed by atoms with Crippen molar-refractivity contribution < 1.29 is 19.8 Å². The molecule has 2 atom stereocenters. The summed E-state index contributed by atoms with van der Waals surface area (Å²) in [6, 6.07) is -2.07. The van der Waals surface area contributed by atoms with Crippen LogP contribution < -0.4 is 10.6 Å². The molecular weight excluding hydrogens is 188 g/mol. The number of urea groups is 1. The quantitative estimate of drug-likeness (QED) is 0.426. The van der Waals surface area contributed by atoms with Crippen molar-refractivity contribution in [2.75, 3.05) is 6.54 Å². The van der Waals surface area contributed by atoms with Gasteiger partial charge in [0.15, 0.2) is 6.04 Å². The Hall–Kier alpha value is -1.74. The molecule has 0 aromatic heterocycles. The summed E-state index contributed by atoms with van der Waals surface area (Å²) in [4.78, 5) is 21.4. The average molecular weight is 200 g/mol. The second kappa shape index (κ2) is 5.83. The fourth-order valence-corrected chi connectivity index (χ4v) is 0.712. The SMILES string of the molecule is C#CCNC(=O)NC(C(=O)O)C(C)O. The Morgan fingerprint density at radius 2 is 2.14 bits per heavy atom. The third kappa shape index (κ3) is 4.33. The molecular formula is C8H12N2O4. The van der Waals surface area contributed by atoms with Crippen LogP contribution in [0.1, 0.15) is 6.92 Å². The van der Waals surface area contributed by atoms with Crippen LogP contribution >= 0.6 is 0 Å². The maximum absolute atomic E-state index is 10.9. The van der Waals surface area contributed by atoms with Crippen LogP contribution in [0.2, 0.25) is 0 Å². The molecule has 0 fully saturated rings. The summed E-state index contributed by atoms with van der Waals surface area (Å²) in [5.74, 6) is 0.839. The summed E-state index contributed by atoms with van der Waals surface area (Å²) in [7, 11) is 0. The van der Waals surface area contributed by atoms with Crippen molar-refractivity contribution in [3.05, 3.63) is 0 Å². The van der Waals surface area contributed by atoms with Gasteiger partial charge in [-0.15, -0.1) is 6.42 Å². The van der Waals surface area contributed by atoms with Crippen molar-refractivity contribution in [2.24, 2.45) is 0 Å². The number of amides is 2. The van der Waals surface area contributed by atoms with Gasteiger partial charge in [0.1, 0.15) is 0 Å². The van der Waals surface area contributed by atoms with Crippen LogP contribution in [-0.2, 0) is 4.79 Å². The maximum atomic E-state index is 10.9. The predicted molar refractivity (Wildman–Crippen MR) is 48.5 cm³/mol. The van der Waals surface area contributed by atoms with Crippen LogP contribution in [0.15, 0.2) is 0 Å². The first-order valence-electron chi connectivity index (χ1n) is 3.87. The van der Waals surface area contributed by atoms with Crippen LogP contribution in [0.25, 0.3) is 0 Å². The van der Waals surface area contributed by atoms with E-state index in [0.717, 1.165) is 0 Å². The molecule has 0 heterocycles. The van der Waals surface area contributed by atoms with E-state index in [4.69, 9.17) is 16.6 Å². The first kappa shape index (κ1) is 12.3. The minimum absolute atomic E-state index is 0.00200. The molecule has 0 bridgehead atoms. The minimum Gasteiger partial charge on any atom is -0.480 e. The summed E-state index contributed by atoms with van der Waals surface area (Å²) in [5.41, 5.74) is 0. The molecule has 4 N–H and O–H groups in total. The van der Waals surface area contributed by atoms with E-state index in [1.165, 1.54) is 6.92 Å². The Morgan fingerprint density at radius 1 is 1.57 bits per heavy atom. The van der Waals surface area contributed by atoms with Gasteiger partial charge in [-0.05, 0) is 6.92 Å². The first-order valence-corrected chi connectivity index (χ1v) is 3.87. The van der Waals surface area contributed by atoms with Gasteiger partial charge in [-0.2, -0.15) is 0 Å². The third-order valence-electron chi connectivity index (χ3n) is 1.39. The van der Waals surface area contributed by atoms with Crippen molar-refractivity contribution in [3.8, 4) is 12.3 Å². The monoisotopic (exact) mass is 200 g/mol. The lowest BCUT2D eigenvalue weighted by Crippen LogP contribution is -2.51. The summed E-state index contributed by atoms with van der Waals surface area (Å²) >= 11 is 0. The first-order chi connectivity index (χ1) is 6.49. The zero-order valence-corrected chi connectivity index (χ0v) is 7.65. The molecule has 0 rings (SSSR count). The molecule has 0 saturated heterocycles. The molecule has 0 spiro atoms. The molecule has 0 aromatic rings. The lowest BCUT2D eigenvalue weighted by Gasteiger charge is -2.16. The van der Waals surface area contributed by atoms with Gasteiger partial charge < -0.3 is 20.8 Å². The minimum atomic E-state index is -1.34. The van der Waals surface area contributed by atoms with Crippen molar-refractivity contribution >= 4 is 12.0 Å². The Labute approximate surface area is 81.3 Å². The summed E-state index contributed by atoms with van der Waals surface area (Å²) in [6.45, 7) is 1.26. The van der Waals surface area contributed by atoms with E-state index in [9.17, 15) is 9.59 Å². The van der Waals surface area contributed by atoms with Gasteiger partial charge in [0.05, 0.1) is 12.6 Å². The number of carbonyl (C=O) groups is 2. The molecule has 2 amide bonds. The number of aliphatic hydroxyl groups is 1. The van der Waals surface area contributed by atoms with Gasteiger partial charge in [0.25, 0.3) is 0 Å². The van der Waals surface area contributed by atoms with Gasteiger partial charge >= 0.3 is 12.0 Å². The zero-order valence-electron chi connectivity index (χ0n) is 7.65. The molecule has 0 aromatic carbocycles. The number of carboxylic acid groups (broad SMARTS) is 1. The Bertz CT molecular complexity index is 257. The number of rotatable bonds is 4. The van der Waals surface area contributed by atoms with Gasteiger partial charge in [0, 0.05) is 0 Å². The molecule has 0 radical (unpaired) electrons. The van der Waals surface area contributed by atoms with E-state index < -0.39 is 24.1 Å². The Balaban J connectivity index is 4.12. The number of hydrogen-bond acceptors (Lipinski definition) is 3. The molecule has 2 unspecified atom stereocenters. The van der Waals surface area contributed by atoms with Gasteiger partial charge in [-0.1, -0.05) is 5.92 Å². The van der Waals surface area contributed by atoms with Crippen LogP contribution in [0, 0.1) is 12.3 Å². The van der Waals surface area contributed by atoms with Crippen molar-refractivity contribution in [1.82, 2.24) is 10.6 Å². The third-order valence-corrected chi connectivity index (χ3v) is 1.39. The molecule has 0 aliphatic heterocycles. The lowest BCUT2D eigenvalue weighted by atomic mass is 10.2. The van der Waals surface area contributed by atoms with Gasteiger partial charge in [-0.3, -0.25) is 0 Å². The van der Waals surface area contributed by atoms with Gasteiger partial charge in [0.2, 0.25) is 0 Å². The van der Waals surface area contributed by atoms with E-state index in [-0.39, 0.29) is 6.54 Å². The molecule has 6 heteroatoms. The zero-order chi connectivity index (χ0) is 11.1. The second-order valence-corrected chi connectivity index (χ2v) is 2.59. The van der Waals surface area contributed by atoms with E-state index in [2.05, 4.69) is 16.6 Å². The highest BCUT2D eigenvalue weighted by Gasteiger charge is 2.24. The van der Waals surface area contributed by atoms with Crippen molar-refractivity contribution in [2.45, 2.75) is 19.1 Å². The molecule has 14 heavy (non-hydrogen) atoms.